The van der Waals surface area contributed by atoms with E-state index in [-0.39, 0.29) is 12.0 Å². The molecule has 2 fully saturated rings. The number of sulfonamides is 1. The summed E-state index contributed by atoms with van der Waals surface area (Å²) in [5.41, 5.74) is 0. The first-order valence-corrected chi connectivity index (χ1v) is 10.5. The fourth-order valence-corrected chi connectivity index (χ4v) is 4.67. The van der Waals surface area contributed by atoms with Crippen LogP contribution < -0.4 is 0 Å². The fourth-order valence-electron chi connectivity index (χ4n) is 3.23. The van der Waals surface area contributed by atoms with Crippen molar-refractivity contribution in [1.82, 2.24) is 9.21 Å². The summed E-state index contributed by atoms with van der Waals surface area (Å²) in [5, 5.41) is 0. The SMILES string of the molecule is O=C(CCOCC1CCCO1)N1CCN(S(=O)(=O)c2ccccc2)CC1. The Labute approximate surface area is 154 Å². The number of hydrogen-bond donors (Lipinski definition) is 0. The maximum atomic E-state index is 12.6. The highest BCUT2D eigenvalue weighted by molar-refractivity contribution is 7.89. The predicted molar refractivity (Wildman–Crippen MR) is 96.2 cm³/mol. The number of piperazine rings is 1. The molecule has 0 aliphatic carbocycles. The number of ether oxygens (including phenoxy) is 2. The Morgan fingerprint density at radius 1 is 1.15 bits per heavy atom. The maximum absolute atomic E-state index is 12.6. The fraction of sp³-hybridized carbons (Fsp3) is 0.611. The molecule has 1 unspecified atom stereocenters. The zero-order chi connectivity index (χ0) is 18.4. The smallest absolute Gasteiger partial charge is 0.243 e. The second-order valence-electron chi connectivity index (χ2n) is 6.56. The van der Waals surface area contributed by atoms with Crippen molar-refractivity contribution in [3.8, 4) is 0 Å². The van der Waals surface area contributed by atoms with Gasteiger partial charge in [-0.2, -0.15) is 4.31 Å². The van der Waals surface area contributed by atoms with Crippen LogP contribution in [0.15, 0.2) is 35.2 Å². The van der Waals surface area contributed by atoms with Crippen molar-refractivity contribution in [1.29, 1.82) is 0 Å². The van der Waals surface area contributed by atoms with Gasteiger partial charge in [-0.15, -0.1) is 0 Å². The van der Waals surface area contributed by atoms with Crippen LogP contribution in [0.2, 0.25) is 0 Å². The second kappa shape index (κ2) is 8.94. The van der Waals surface area contributed by atoms with Gasteiger partial charge in [-0.05, 0) is 25.0 Å². The quantitative estimate of drug-likeness (QED) is 0.660. The van der Waals surface area contributed by atoms with E-state index in [9.17, 15) is 13.2 Å². The molecule has 144 valence electrons. The van der Waals surface area contributed by atoms with E-state index in [0.29, 0.717) is 50.7 Å². The minimum Gasteiger partial charge on any atom is -0.378 e. The third-order valence-electron chi connectivity index (χ3n) is 4.76. The Balaban J connectivity index is 1.41. The average Bonchev–Trinajstić information content (AvgIpc) is 3.19. The molecule has 0 spiro atoms. The monoisotopic (exact) mass is 382 g/mol. The van der Waals surface area contributed by atoms with Crippen LogP contribution in [0.25, 0.3) is 0 Å². The number of carbonyl (C=O) groups is 1. The molecule has 1 amide bonds. The molecule has 26 heavy (non-hydrogen) atoms. The van der Waals surface area contributed by atoms with Crippen LogP contribution in [0.5, 0.6) is 0 Å². The zero-order valence-corrected chi connectivity index (χ0v) is 15.7. The van der Waals surface area contributed by atoms with Crippen molar-refractivity contribution in [2.45, 2.75) is 30.3 Å². The van der Waals surface area contributed by atoms with Gasteiger partial charge in [-0.25, -0.2) is 8.42 Å². The van der Waals surface area contributed by atoms with Crippen LogP contribution in [-0.4, -0.2) is 75.6 Å². The minimum atomic E-state index is -3.48. The van der Waals surface area contributed by atoms with Gasteiger partial charge in [0.2, 0.25) is 15.9 Å². The molecule has 2 saturated heterocycles. The van der Waals surface area contributed by atoms with E-state index in [2.05, 4.69) is 0 Å². The second-order valence-corrected chi connectivity index (χ2v) is 8.50. The van der Waals surface area contributed by atoms with Gasteiger partial charge in [0, 0.05) is 32.8 Å². The van der Waals surface area contributed by atoms with Crippen molar-refractivity contribution in [3.05, 3.63) is 30.3 Å². The molecule has 2 heterocycles. The average molecular weight is 382 g/mol. The molecule has 3 rings (SSSR count). The van der Waals surface area contributed by atoms with Crippen molar-refractivity contribution < 1.29 is 22.7 Å². The summed E-state index contributed by atoms with van der Waals surface area (Å²) in [6, 6.07) is 8.40. The lowest BCUT2D eigenvalue weighted by molar-refractivity contribution is -0.133. The summed E-state index contributed by atoms with van der Waals surface area (Å²) < 4.78 is 37.6. The lowest BCUT2D eigenvalue weighted by Gasteiger charge is -2.34. The normalized spacial score (nSPS) is 21.8. The molecular formula is C18H26N2O5S. The molecule has 1 atom stereocenters. The van der Waals surface area contributed by atoms with E-state index < -0.39 is 10.0 Å². The Hall–Kier alpha value is -1.48. The van der Waals surface area contributed by atoms with Gasteiger partial charge in [-0.1, -0.05) is 18.2 Å². The third-order valence-corrected chi connectivity index (χ3v) is 6.67. The summed E-state index contributed by atoms with van der Waals surface area (Å²) >= 11 is 0. The predicted octanol–water partition coefficient (Wildman–Crippen LogP) is 1.11. The van der Waals surface area contributed by atoms with Gasteiger partial charge >= 0.3 is 0 Å². The first-order chi connectivity index (χ1) is 12.6. The standard InChI is InChI=1S/C18H26N2O5S/c21-18(8-14-24-15-16-5-4-13-25-16)19-9-11-20(12-10-19)26(22,23)17-6-2-1-3-7-17/h1-3,6-7,16H,4-5,8-15H2. The van der Waals surface area contributed by atoms with E-state index >= 15 is 0 Å². The molecule has 0 radical (unpaired) electrons. The number of amides is 1. The first kappa shape index (κ1) is 19.3. The Morgan fingerprint density at radius 3 is 2.54 bits per heavy atom. The highest BCUT2D eigenvalue weighted by Gasteiger charge is 2.29. The summed E-state index contributed by atoms with van der Waals surface area (Å²) in [4.78, 5) is 14.3. The van der Waals surface area contributed by atoms with Gasteiger partial charge in [-0.3, -0.25) is 4.79 Å². The van der Waals surface area contributed by atoms with Gasteiger partial charge in [0.15, 0.2) is 0 Å². The Morgan fingerprint density at radius 2 is 1.88 bits per heavy atom. The topological polar surface area (TPSA) is 76.2 Å². The number of rotatable bonds is 7. The number of hydrogen-bond acceptors (Lipinski definition) is 5. The first-order valence-electron chi connectivity index (χ1n) is 9.10. The van der Waals surface area contributed by atoms with E-state index in [0.717, 1.165) is 19.4 Å². The molecule has 0 N–H and O–H groups in total. The highest BCUT2D eigenvalue weighted by Crippen LogP contribution is 2.17. The van der Waals surface area contributed by atoms with Crippen LogP contribution in [0.3, 0.4) is 0 Å². The lowest BCUT2D eigenvalue weighted by atomic mass is 10.2. The highest BCUT2D eigenvalue weighted by atomic mass is 32.2. The number of benzene rings is 1. The van der Waals surface area contributed by atoms with Crippen LogP contribution in [0, 0.1) is 0 Å². The number of nitrogens with zero attached hydrogens (tertiary/aromatic N) is 2. The van der Waals surface area contributed by atoms with Gasteiger partial charge in [0.05, 0.1) is 30.6 Å². The van der Waals surface area contributed by atoms with E-state index in [4.69, 9.17) is 9.47 Å². The van der Waals surface area contributed by atoms with Crippen LogP contribution in [0.4, 0.5) is 0 Å². The van der Waals surface area contributed by atoms with Crippen molar-refractivity contribution in [2.75, 3.05) is 46.0 Å². The van der Waals surface area contributed by atoms with Crippen LogP contribution in [0.1, 0.15) is 19.3 Å². The van der Waals surface area contributed by atoms with E-state index in [1.54, 1.807) is 35.2 Å². The lowest BCUT2D eigenvalue weighted by Crippen LogP contribution is -2.50. The van der Waals surface area contributed by atoms with Crippen molar-refractivity contribution in [2.24, 2.45) is 0 Å². The van der Waals surface area contributed by atoms with E-state index in [1.165, 1.54) is 4.31 Å². The molecule has 7 nitrogen and oxygen atoms in total. The summed E-state index contributed by atoms with van der Waals surface area (Å²) in [6.45, 7) is 3.17. The molecule has 2 aliphatic heterocycles. The molecule has 1 aromatic carbocycles. The zero-order valence-electron chi connectivity index (χ0n) is 14.9. The Kier molecular flexibility index (Phi) is 6.63. The summed E-state index contributed by atoms with van der Waals surface area (Å²) in [6.07, 6.45) is 2.57. The molecule has 0 saturated carbocycles. The summed E-state index contributed by atoms with van der Waals surface area (Å²) in [5.74, 6) is 0.00843. The third kappa shape index (κ3) is 4.82. The molecular weight excluding hydrogens is 356 g/mol. The van der Waals surface area contributed by atoms with Crippen molar-refractivity contribution in [3.63, 3.8) is 0 Å². The van der Waals surface area contributed by atoms with Crippen molar-refractivity contribution >= 4 is 15.9 Å². The summed E-state index contributed by atoms with van der Waals surface area (Å²) in [7, 11) is -3.48. The van der Waals surface area contributed by atoms with Gasteiger partial charge in [0.1, 0.15) is 0 Å². The molecule has 8 heteroatoms. The largest absolute Gasteiger partial charge is 0.378 e. The molecule has 1 aromatic rings. The van der Waals surface area contributed by atoms with Gasteiger partial charge in [0.25, 0.3) is 0 Å². The van der Waals surface area contributed by atoms with Crippen LogP contribution in [-0.2, 0) is 24.3 Å². The molecule has 2 aliphatic rings. The Bertz CT molecular complexity index is 681. The number of carbonyl (C=O) groups excluding carboxylic acids is 1. The molecule has 0 aromatic heterocycles. The van der Waals surface area contributed by atoms with E-state index in [1.807, 2.05) is 0 Å². The molecule has 0 bridgehead atoms. The minimum absolute atomic E-state index is 0.00843. The van der Waals surface area contributed by atoms with Crippen LogP contribution >= 0.6 is 0 Å². The maximum Gasteiger partial charge on any atom is 0.243 e. The van der Waals surface area contributed by atoms with Gasteiger partial charge < -0.3 is 14.4 Å².